The quantitative estimate of drug-likeness (QED) is 0.107. The van der Waals surface area contributed by atoms with Crippen molar-refractivity contribution in [2.45, 2.75) is 49.1 Å². The van der Waals surface area contributed by atoms with Gasteiger partial charge in [-0.3, -0.25) is 9.78 Å². The number of aromatic nitrogens is 5. The molecule has 7 rings (SSSR count). The summed E-state index contributed by atoms with van der Waals surface area (Å²) in [6.07, 6.45) is 3.12. The average molecular weight is 693 g/mol. The van der Waals surface area contributed by atoms with Crippen molar-refractivity contribution >= 4 is 40.6 Å². The van der Waals surface area contributed by atoms with Gasteiger partial charge in [0.1, 0.15) is 18.8 Å². The van der Waals surface area contributed by atoms with E-state index in [0.717, 1.165) is 11.1 Å². The number of fused-ring (bicyclic) bond motifs is 1. The number of benzene rings is 2. The van der Waals surface area contributed by atoms with E-state index in [1.165, 1.54) is 0 Å². The molecule has 2 fully saturated rings. The lowest BCUT2D eigenvalue weighted by Crippen LogP contribution is -2.44. The Labute approximate surface area is 293 Å². The molecule has 0 unspecified atom stereocenters. The van der Waals surface area contributed by atoms with Crippen molar-refractivity contribution in [1.82, 2.24) is 35.1 Å². The van der Waals surface area contributed by atoms with Crippen molar-refractivity contribution in [3.63, 3.8) is 0 Å². The number of nitrogens with zero attached hydrogens (tertiary/aromatic N) is 6. The van der Waals surface area contributed by atoms with Crippen LogP contribution in [0.15, 0.2) is 91.5 Å². The zero-order chi connectivity index (χ0) is 35.3. The summed E-state index contributed by atoms with van der Waals surface area (Å²) in [7, 11) is 0. The van der Waals surface area contributed by atoms with E-state index < -0.39 is 36.8 Å². The lowest BCUT2D eigenvalue weighted by atomic mass is 9.91. The third-order valence-corrected chi connectivity index (χ3v) is 9.51. The molecule has 4 heterocycles. The topological polar surface area (TPSA) is 203 Å². The number of aliphatic hydroxyl groups is 3. The highest BCUT2D eigenvalue weighted by molar-refractivity contribution is 5.89. The van der Waals surface area contributed by atoms with Gasteiger partial charge in [-0.25, -0.2) is 9.78 Å². The second-order valence-corrected chi connectivity index (χ2v) is 12.8. The molecule has 1 aliphatic heterocycles. The third-order valence-electron chi connectivity index (χ3n) is 9.51. The van der Waals surface area contributed by atoms with E-state index in [1.54, 1.807) is 35.4 Å². The Bertz CT molecular complexity index is 1910. The number of imidazole rings is 1. The molecule has 0 bridgehead atoms. The number of amides is 3. The van der Waals surface area contributed by atoms with E-state index >= 15 is 0 Å². The van der Waals surface area contributed by atoms with Crippen molar-refractivity contribution in [1.29, 1.82) is 0 Å². The molecule has 1 saturated heterocycles. The SMILES string of the molecule is O=C(CO)N[C@H]1C[C@@H](n2cnc3c(NCC(c4ccccc4)c4ccccc4)nc(N4CC[C@@H](NC(=O)Nc5cccnc5)C4)nc32)[C@H](O)[C@@H]1O. The van der Waals surface area contributed by atoms with Crippen LogP contribution in [0, 0.1) is 0 Å². The van der Waals surface area contributed by atoms with Crippen LogP contribution in [0.3, 0.4) is 0 Å². The second-order valence-electron chi connectivity index (χ2n) is 12.8. The summed E-state index contributed by atoms with van der Waals surface area (Å²) in [5.74, 6) is 0.257. The monoisotopic (exact) mass is 692 g/mol. The van der Waals surface area contributed by atoms with Crippen molar-refractivity contribution in [2.24, 2.45) is 0 Å². The minimum atomic E-state index is -1.26. The fourth-order valence-electron chi connectivity index (χ4n) is 6.94. The van der Waals surface area contributed by atoms with Crippen LogP contribution in [0.1, 0.15) is 35.9 Å². The maximum absolute atomic E-state index is 12.7. The zero-order valence-electron chi connectivity index (χ0n) is 27.7. The summed E-state index contributed by atoms with van der Waals surface area (Å²) in [6.45, 7) is 0.794. The molecule has 3 amide bonds. The van der Waals surface area contributed by atoms with Crippen molar-refractivity contribution < 1.29 is 24.9 Å². The predicted octanol–water partition coefficient (Wildman–Crippen LogP) is 2.01. The van der Waals surface area contributed by atoms with Crippen LogP contribution in [0.25, 0.3) is 11.2 Å². The molecule has 2 aromatic carbocycles. The highest BCUT2D eigenvalue weighted by Gasteiger charge is 2.44. The van der Waals surface area contributed by atoms with Gasteiger partial charge < -0.3 is 46.1 Å². The number of carbonyl (C=O) groups excluding carboxylic acids is 2. The Morgan fingerprint density at radius 1 is 0.922 bits per heavy atom. The van der Waals surface area contributed by atoms with Crippen LogP contribution in [-0.4, -0.2) is 102 Å². The number of hydrogen-bond donors (Lipinski definition) is 7. The molecule has 51 heavy (non-hydrogen) atoms. The first kappa shape index (κ1) is 33.8. The number of nitrogens with one attached hydrogen (secondary N) is 4. The summed E-state index contributed by atoms with van der Waals surface area (Å²) in [5.41, 5.74) is 3.76. The predicted molar refractivity (Wildman–Crippen MR) is 190 cm³/mol. The molecule has 264 valence electrons. The lowest BCUT2D eigenvalue weighted by Gasteiger charge is -2.22. The maximum atomic E-state index is 12.7. The van der Waals surface area contributed by atoms with E-state index in [1.807, 2.05) is 41.3 Å². The fraction of sp³-hybridized carbons (Fsp3) is 0.333. The van der Waals surface area contributed by atoms with Crippen LogP contribution in [0.4, 0.5) is 22.2 Å². The summed E-state index contributed by atoms with van der Waals surface area (Å²) in [5, 5.41) is 43.1. The first-order chi connectivity index (χ1) is 24.9. The Hall–Kier alpha value is -5.64. The first-order valence-corrected chi connectivity index (χ1v) is 16.9. The van der Waals surface area contributed by atoms with E-state index in [4.69, 9.17) is 9.97 Å². The number of urea groups is 1. The summed E-state index contributed by atoms with van der Waals surface area (Å²) in [4.78, 5) is 45.3. The van der Waals surface area contributed by atoms with E-state index in [0.29, 0.717) is 54.7 Å². The minimum absolute atomic E-state index is 0.00987. The van der Waals surface area contributed by atoms with E-state index in [9.17, 15) is 24.9 Å². The number of pyridine rings is 1. The maximum Gasteiger partial charge on any atom is 0.319 e. The van der Waals surface area contributed by atoms with Gasteiger partial charge in [0, 0.05) is 37.8 Å². The molecule has 3 aromatic heterocycles. The van der Waals surface area contributed by atoms with Crippen LogP contribution in [0.2, 0.25) is 0 Å². The highest BCUT2D eigenvalue weighted by Crippen LogP contribution is 2.35. The molecule has 15 heteroatoms. The smallest absolute Gasteiger partial charge is 0.319 e. The molecule has 5 atom stereocenters. The van der Waals surface area contributed by atoms with Gasteiger partial charge in [0.25, 0.3) is 0 Å². The average Bonchev–Trinajstić information content (AvgIpc) is 3.87. The minimum Gasteiger partial charge on any atom is -0.388 e. The molecule has 5 aromatic rings. The molecule has 1 aliphatic carbocycles. The Balaban J connectivity index is 1.19. The summed E-state index contributed by atoms with van der Waals surface area (Å²) >= 11 is 0. The second kappa shape index (κ2) is 15.1. The van der Waals surface area contributed by atoms with Gasteiger partial charge in [-0.2, -0.15) is 9.97 Å². The van der Waals surface area contributed by atoms with Crippen LogP contribution < -0.4 is 26.2 Å². The molecule has 15 nitrogen and oxygen atoms in total. The van der Waals surface area contributed by atoms with Gasteiger partial charge in [-0.05, 0) is 36.1 Å². The van der Waals surface area contributed by atoms with Crippen LogP contribution in [0.5, 0.6) is 0 Å². The van der Waals surface area contributed by atoms with Crippen molar-refractivity contribution in [3.05, 3.63) is 103 Å². The largest absolute Gasteiger partial charge is 0.388 e. The van der Waals surface area contributed by atoms with E-state index in [-0.39, 0.29) is 24.4 Å². The van der Waals surface area contributed by atoms with Gasteiger partial charge in [0.05, 0.1) is 30.3 Å². The van der Waals surface area contributed by atoms with Gasteiger partial charge in [-0.1, -0.05) is 60.7 Å². The van der Waals surface area contributed by atoms with Crippen molar-refractivity contribution in [2.75, 3.05) is 41.8 Å². The molecule has 7 N–H and O–H groups in total. The number of anilines is 3. The van der Waals surface area contributed by atoms with E-state index in [2.05, 4.69) is 55.5 Å². The highest BCUT2D eigenvalue weighted by atomic mass is 16.3. The Kier molecular flexibility index (Phi) is 10.0. The number of rotatable bonds is 11. The third kappa shape index (κ3) is 7.45. The number of aliphatic hydroxyl groups excluding tert-OH is 3. The Morgan fingerprint density at radius 3 is 2.35 bits per heavy atom. The van der Waals surface area contributed by atoms with Crippen molar-refractivity contribution in [3.8, 4) is 0 Å². The number of carbonyl (C=O) groups is 2. The fourth-order valence-corrected chi connectivity index (χ4v) is 6.94. The standard InChI is InChI=1S/C36H40N10O5/c47-20-29(48)42-27-16-28(32(50)31(27)49)46-21-39-30-33(38-18-26(22-8-3-1-4-9-22)23-10-5-2-6-11-23)43-35(44-34(30)46)45-15-13-25(19-45)41-36(51)40-24-12-7-14-37-17-24/h1-12,14,17,21,25-28,31-32,47,49-50H,13,15-16,18-20H2,(H,42,48)(H,38,43,44)(H2,40,41,51)/t25-,27+,28-,31-,32+/m1/s1. The lowest BCUT2D eigenvalue weighted by molar-refractivity contribution is -0.125. The summed E-state index contributed by atoms with van der Waals surface area (Å²) in [6, 6.07) is 21.9. The van der Waals surface area contributed by atoms with Gasteiger partial charge in [-0.15, -0.1) is 0 Å². The normalized spacial score (nSPS) is 21.6. The van der Waals surface area contributed by atoms with Gasteiger partial charge in [0.2, 0.25) is 11.9 Å². The van der Waals surface area contributed by atoms with Crippen LogP contribution >= 0.6 is 0 Å². The van der Waals surface area contributed by atoms with Gasteiger partial charge >= 0.3 is 6.03 Å². The van der Waals surface area contributed by atoms with Crippen LogP contribution in [-0.2, 0) is 4.79 Å². The first-order valence-electron chi connectivity index (χ1n) is 16.9. The zero-order valence-corrected chi connectivity index (χ0v) is 27.7. The number of hydrogen-bond acceptors (Lipinski definition) is 11. The molecular formula is C36H40N10O5. The molecule has 0 spiro atoms. The van der Waals surface area contributed by atoms with Gasteiger partial charge in [0.15, 0.2) is 17.0 Å². The molecular weight excluding hydrogens is 652 g/mol. The summed E-state index contributed by atoms with van der Waals surface area (Å²) < 4.78 is 1.71. The molecule has 2 aliphatic rings. The molecule has 1 saturated carbocycles. The molecule has 0 radical (unpaired) electrons. The Morgan fingerprint density at radius 2 is 1.67 bits per heavy atom.